The molecule has 1 aromatic rings. The fraction of sp³-hybridized carbons (Fsp3) is 0.417. The van der Waals surface area contributed by atoms with Crippen molar-refractivity contribution in [2.24, 2.45) is 5.73 Å². The maximum Gasteiger partial charge on any atom is 0.303 e. The van der Waals surface area contributed by atoms with Gasteiger partial charge in [0.1, 0.15) is 0 Å². The average Bonchev–Trinajstić information content (AvgIpc) is 2.33. The van der Waals surface area contributed by atoms with E-state index in [1.807, 2.05) is 0 Å². The van der Waals surface area contributed by atoms with Crippen molar-refractivity contribution in [3.63, 3.8) is 0 Å². The van der Waals surface area contributed by atoms with Gasteiger partial charge < -0.3 is 10.8 Å². The number of nitrogens with two attached hydrogens (primary N) is 1. The largest absolute Gasteiger partial charge is 0.481 e. The molecule has 0 aliphatic carbocycles. The lowest BCUT2D eigenvalue weighted by atomic mass is 10.0. The lowest BCUT2D eigenvalue weighted by Crippen LogP contribution is -2.13. The van der Waals surface area contributed by atoms with Crippen molar-refractivity contribution >= 4 is 39.2 Å². The van der Waals surface area contributed by atoms with Crippen LogP contribution in [0.15, 0.2) is 21.9 Å². The molecule has 0 aliphatic rings. The molecular weight excluding hydrogens is 322 g/mol. The molecule has 1 aromatic carbocycles. The Morgan fingerprint density at radius 3 is 2.55 bits per heavy atom. The Hall–Kier alpha value is -0.760. The van der Waals surface area contributed by atoms with Crippen LogP contribution in [0.5, 0.6) is 0 Å². The first-order chi connectivity index (χ1) is 9.16. The van der Waals surface area contributed by atoms with Crippen LogP contribution in [0, 0.1) is 0 Å². The molecule has 0 aliphatic heterocycles. The monoisotopic (exact) mass is 337 g/mol. The first-order valence-corrected chi connectivity index (χ1v) is 9.21. The van der Waals surface area contributed by atoms with E-state index in [1.54, 1.807) is 12.3 Å². The number of rotatable bonds is 6. The molecule has 1 rings (SSSR count). The molecule has 0 fully saturated rings. The van der Waals surface area contributed by atoms with Crippen molar-refractivity contribution in [2.75, 3.05) is 12.5 Å². The van der Waals surface area contributed by atoms with Crippen molar-refractivity contribution in [1.82, 2.24) is 0 Å². The van der Waals surface area contributed by atoms with E-state index in [-0.39, 0.29) is 17.7 Å². The lowest BCUT2D eigenvalue weighted by molar-refractivity contribution is -0.137. The SMILES string of the molecule is CSc1c(Cl)cc(C(N)CCC(=O)O)cc1S(C)(=O)=O. The highest BCUT2D eigenvalue weighted by atomic mass is 35.5. The molecule has 112 valence electrons. The van der Waals surface area contributed by atoms with Gasteiger partial charge >= 0.3 is 5.97 Å². The van der Waals surface area contributed by atoms with Gasteiger partial charge in [-0.05, 0) is 30.4 Å². The van der Waals surface area contributed by atoms with Crippen LogP contribution in [-0.4, -0.2) is 32.0 Å². The fourth-order valence-corrected chi connectivity index (χ4v) is 4.25. The highest BCUT2D eigenvalue weighted by molar-refractivity contribution is 7.99. The quantitative estimate of drug-likeness (QED) is 0.773. The van der Waals surface area contributed by atoms with Gasteiger partial charge in [-0.25, -0.2) is 8.42 Å². The fourth-order valence-electron chi connectivity index (χ4n) is 1.72. The standard InChI is InChI=1S/C12H16ClNO4S2/c1-19-12-8(13)5-7(6-10(12)20(2,17)18)9(14)3-4-11(15)16/h5-6,9H,3-4,14H2,1-2H3,(H,15,16). The molecule has 8 heteroatoms. The summed E-state index contributed by atoms with van der Waals surface area (Å²) in [6, 6.07) is 2.49. The minimum Gasteiger partial charge on any atom is -0.481 e. The molecule has 0 amide bonds. The van der Waals surface area contributed by atoms with E-state index in [2.05, 4.69) is 0 Å². The van der Waals surface area contributed by atoms with Gasteiger partial charge in [0.15, 0.2) is 9.84 Å². The Labute approximate surface area is 127 Å². The van der Waals surface area contributed by atoms with Crippen LogP contribution < -0.4 is 5.73 Å². The zero-order valence-corrected chi connectivity index (χ0v) is 13.5. The van der Waals surface area contributed by atoms with Gasteiger partial charge in [-0.3, -0.25) is 4.79 Å². The number of benzene rings is 1. The Morgan fingerprint density at radius 1 is 1.50 bits per heavy atom. The van der Waals surface area contributed by atoms with E-state index in [1.165, 1.54) is 17.8 Å². The summed E-state index contributed by atoms with van der Waals surface area (Å²) in [5, 5.41) is 8.96. The van der Waals surface area contributed by atoms with Gasteiger partial charge in [0.25, 0.3) is 0 Å². The minimum absolute atomic E-state index is 0.0860. The third-order valence-electron chi connectivity index (χ3n) is 2.73. The molecule has 1 unspecified atom stereocenters. The van der Waals surface area contributed by atoms with Crippen LogP contribution in [0.4, 0.5) is 0 Å². The maximum atomic E-state index is 11.8. The van der Waals surface area contributed by atoms with E-state index in [0.717, 1.165) is 6.26 Å². The summed E-state index contributed by atoms with van der Waals surface area (Å²) >= 11 is 7.33. The van der Waals surface area contributed by atoms with Gasteiger partial charge in [0.2, 0.25) is 0 Å². The predicted octanol–water partition coefficient (Wildman–Crippen LogP) is 2.33. The average molecular weight is 338 g/mol. The Morgan fingerprint density at radius 2 is 2.10 bits per heavy atom. The summed E-state index contributed by atoms with van der Waals surface area (Å²) in [5.41, 5.74) is 6.41. The molecule has 0 saturated carbocycles. The maximum absolute atomic E-state index is 11.8. The first kappa shape index (κ1) is 17.3. The highest BCUT2D eigenvalue weighted by Gasteiger charge is 2.19. The van der Waals surface area contributed by atoms with Crippen molar-refractivity contribution < 1.29 is 18.3 Å². The van der Waals surface area contributed by atoms with Gasteiger partial charge in [-0.15, -0.1) is 11.8 Å². The molecule has 0 spiro atoms. The smallest absolute Gasteiger partial charge is 0.303 e. The summed E-state index contributed by atoms with van der Waals surface area (Å²) in [6.45, 7) is 0. The van der Waals surface area contributed by atoms with E-state index in [0.29, 0.717) is 15.5 Å². The first-order valence-electron chi connectivity index (χ1n) is 5.71. The molecular formula is C12H16ClNO4S2. The molecule has 0 aromatic heterocycles. The zero-order valence-electron chi connectivity index (χ0n) is 11.1. The van der Waals surface area contributed by atoms with E-state index in [9.17, 15) is 13.2 Å². The summed E-state index contributed by atoms with van der Waals surface area (Å²) in [6.07, 6.45) is 2.97. The van der Waals surface area contributed by atoms with Gasteiger partial charge in [0.05, 0.1) is 9.92 Å². The lowest BCUT2D eigenvalue weighted by Gasteiger charge is -2.15. The second kappa shape index (κ2) is 6.80. The van der Waals surface area contributed by atoms with Gasteiger partial charge in [0, 0.05) is 23.6 Å². The number of carboxylic acids is 1. The van der Waals surface area contributed by atoms with Gasteiger partial charge in [-0.2, -0.15) is 0 Å². The number of carboxylic acid groups (broad SMARTS) is 1. The Balaban J connectivity index is 3.24. The van der Waals surface area contributed by atoms with Crippen molar-refractivity contribution in [2.45, 2.75) is 28.7 Å². The molecule has 0 heterocycles. The summed E-state index contributed by atoms with van der Waals surface area (Å²) in [7, 11) is -3.43. The second-order valence-corrected chi connectivity index (χ2v) is 7.55. The topological polar surface area (TPSA) is 97.5 Å². The minimum atomic E-state index is -3.43. The summed E-state index contributed by atoms with van der Waals surface area (Å²) in [5.74, 6) is -0.949. The zero-order chi connectivity index (χ0) is 15.5. The molecule has 0 saturated heterocycles. The van der Waals surface area contributed by atoms with Gasteiger partial charge in [-0.1, -0.05) is 11.6 Å². The second-order valence-electron chi connectivity index (χ2n) is 4.35. The number of thioether (sulfide) groups is 1. The number of aliphatic carboxylic acids is 1. The molecule has 1 atom stereocenters. The molecule has 5 nitrogen and oxygen atoms in total. The van der Waals surface area contributed by atoms with Crippen molar-refractivity contribution in [1.29, 1.82) is 0 Å². The summed E-state index contributed by atoms with van der Waals surface area (Å²) < 4.78 is 23.6. The number of halogens is 1. The van der Waals surface area contributed by atoms with Crippen molar-refractivity contribution in [3.05, 3.63) is 22.7 Å². The third-order valence-corrected chi connectivity index (χ3v) is 5.24. The molecule has 0 bridgehead atoms. The van der Waals surface area contributed by atoms with Crippen LogP contribution in [0.2, 0.25) is 5.02 Å². The number of hydrogen-bond donors (Lipinski definition) is 2. The predicted molar refractivity (Wildman–Crippen MR) is 80.1 cm³/mol. The molecule has 20 heavy (non-hydrogen) atoms. The van der Waals surface area contributed by atoms with Crippen LogP contribution in [-0.2, 0) is 14.6 Å². The number of sulfone groups is 1. The number of hydrogen-bond acceptors (Lipinski definition) is 5. The van der Waals surface area contributed by atoms with E-state index < -0.39 is 21.8 Å². The molecule has 3 N–H and O–H groups in total. The van der Waals surface area contributed by atoms with Crippen molar-refractivity contribution in [3.8, 4) is 0 Å². The van der Waals surface area contributed by atoms with E-state index >= 15 is 0 Å². The van der Waals surface area contributed by atoms with Crippen LogP contribution >= 0.6 is 23.4 Å². The highest BCUT2D eigenvalue weighted by Crippen LogP contribution is 2.35. The molecule has 0 radical (unpaired) electrons. The van der Waals surface area contributed by atoms with Crippen LogP contribution in [0.3, 0.4) is 0 Å². The Bertz CT molecular complexity index is 616. The Kier molecular flexibility index (Phi) is 5.88. The van der Waals surface area contributed by atoms with Crippen LogP contribution in [0.1, 0.15) is 24.4 Å². The normalized spacial score (nSPS) is 13.2. The summed E-state index contributed by atoms with van der Waals surface area (Å²) in [4.78, 5) is 11.1. The number of carbonyl (C=O) groups is 1. The van der Waals surface area contributed by atoms with Crippen LogP contribution in [0.25, 0.3) is 0 Å². The third kappa shape index (κ3) is 4.37. The van der Waals surface area contributed by atoms with E-state index in [4.69, 9.17) is 22.4 Å².